The van der Waals surface area contributed by atoms with Crippen LogP contribution < -0.4 is 10.0 Å². The quantitative estimate of drug-likeness (QED) is 0.776. The van der Waals surface area contributed by atoms with Gasteiger partial charge >= 0.3 is 6.03 Å². The smallest absolute Gasteiger partial charge is 0.307 e. The van der Waals surface area contributed by atoms with Gasteiger partial charge in [0, 0.05) is 9.26 Å². The lowest BCUT2D eigenvalue weighted by Crippen LogP contribution is -2.34. The number of rotatable bonds is 3. The number of urea groups is 1. The standard InChI is InChI=1S/C13H11IN2O3S/c14-10-6-8-11(9-7-10)15-13(17)16-20(18,19)12-4-2-1-3-5-12/h1-9H,(H2,15,16,17). The molecule has 2 aromatic rings. The summed E-state index contributed by atoms with van der Waals surface area (Å²) in [6, 6.07) is 13.9. The van der Waals surface area contributed by atoms with E-state index in [-0.39, 0.29) is 4.90 Å². The fraction of sp³-hybridized carbons (Fsp3) is 0. The fourth-order valence-electron chi connectivity index (χ4n) is 1.47. The molecule has 0 spiro atoms. The third-order valence-corrected chi connectivity index (χ3v) is 4.45. The van der Waals surface area contributed by atoms with Gasteiger partial charge in [-0.2, -0.15) is 0 Å². The molecule has 0 saturated carbocycles. The Morgan fingerprint density at radius 2 is 1.55 bits per heavy atom. The molecule has 2 amide bonds. The van der Waals surface area contributed by atoms with Gasteiger partial charge in [0.1, 0.15) is 0 Å². The molecule has 0 aliphatic rings. The van der Waals surface area contributed by atoms with E-state index in [1.807, 2.05) is 16.9 Å². The normalized spacial score (nSPS) is 10.8. The number of halogens is 1. The van der Waals surface area contributed by atoms with Crippen LogP contribution in [0.25, 0.3) is 0 Å². The average molecular weight is 402 g/mol. The first-order chi connectivity index (χ1) is 9.47. The molecule has 20 heavy (non-hydrogen) atoms. The second kappa shape index (κ2) is 6.23. The summed E-state index contributed by atoms with van der Waals surface area (Å²) in [5.41, 5.74) is 0.520. The number of sulfonamides is 1. The van der Waals surface area contributed by atoms with Gasteiger partial charge in [-0.25, -0.2) is 17.9 Å². The largest absolute Gasteiger partial charge is 0.333 e. The predicted octanol–water partition coefficient (Wildman–Crippen LogP) is 2.80. The van der Waals surface area contributed by atoms with E-state index in [4.69, 9.17) is 0 Å². The minimum atomic E-state index is -3.85. The highest BCUT2D eigenvalue weighted by Crippen LogP contribution is 2.12. The van der Waals surface area contributed by atoms with Crippen LogP contribution in [-0.2, 0) is 10.0 Å². The van der Waals surface area contributed by atoms with Gasteiger partial charge in [0.2, 0.25) is 0 Å². The van der Waals surface area contributed by atoms with Crippen LogP contribution in [0.3, 0.4) is 0 Å². The van der Waals surface area contributed by atoms with E-state index in [0.717, 1.165) is 3.57 Å². The number of carbonyl (C=O) groups is 1. The zero-order chi connectivity index (χ0) is 14.6. The van der Waals surface area contributed by atoms with E-state index >= 15 is 0 Å². The molecule has 7 heteroatoms. The fourth-order valence-corrected chi connectivity index (χ4v) is 2.76. The second-order valence-electron chi connectivity index (χ2n) is 3.88. The number of hydrogen-bond donors (Lipinski definition) is 2. The molecule has 0 bridgehead atoms. The molecule has 2 rings (SSSR count). The van der Waals surface area contributed by atoms with Crippen LogP contribution in [0, 0.1) is 3.57 Å². The Morgan fingerprint density at radius 1 is 0.950 bits per heavy atom. The van der Waals surface area contributed by atoms with Crippen molar-refractivity contribution in [2.24, 2.45) is 0 Å². The topological polar surface area (TPSA) is 75.3 Å². The monoisotopic (exact) mass is 402 g/mol. The Hall–Kier alpha value is -1.61. The molecule has 5 nitrogen and oxygen atoms in total. The van der Waals surface area contributed by atoms with Crippen molar-refractivity contribution in [3.63, 3.8) is 0 Å². The van der Waals surface area contributed by atoms with Gasteiger partial charge < -0.3 is 5.32 Å². The molecule has 0 aliphatic heterocycles. The Balaban J connectivity index is 2.06. The van der Waals surface area contributed by atoms with Gasteiger partial charge in [0.15, 0.2) is 0 Å². The van der Waals surface area contributed by atoms with Crippen molar-refractivity contribution in [1.82, 2.24) is 4.72 Å². The molecular formula is C13H11IN2O3S. The lowest BCUT2D eigenvalue weighted by Gasteiger charge is -2.08. The van der Waals surface area contributed by atoms with Crippen molar-refractivity contribution in [3.8, 4) is 0 Å². The maximum absolute atomic E-state index is 11.9. The van der Waals surface area contributed by atoms with Crippen LogP contribution >= 0.6 is 22.6 Å². The molecule has 0 aromatic heterocycles. The maximum atomic E-state index is 11.9. The van der Waals surface area contributed by atoms with Crippen molar-refractivity contribution in [3.05, 3.63) is 58.2 Å². The molecule has 0 fully saturated rings. The van der Waals surface area contributed by atoms with Gasteiger partial charge in [-0.1, -0.05) is 18.2 Å². The summed E-state index contributed by atoms with van der Waals surface area (Å²) >= 11 is 2.14. The zero-order valence-corrected chi connectivity index (χ0v) is 13.2. The van der Waals surface area contributed by atoms with Gasteiger partial charge in [-0.15, -0.1) is 0 Å². The zero-order valence-electron chi connectivity index (χ0n) is 10.2. The first-order valence-corrected chi connectivity index (χ1v) is 8.18. The van der Waals surface area contributed by atoms with Crippen molar-refractivity contribution in [1.29, 1.82) is 0 Å². The average Bonchev–Trinajstić information content (AvgIpc) is 2.42. The lowest BCUT2D eigenvalue weighted by molar-refractivity contribution is 0.256. The first-order valence-electron chi connectivity index (χ1n) is 5.62. The second-order valence-corrected chi connectivity index (χ2v) is 6.81. The van der Waals surface area contributed by atoms with Crippen molar-refractivity contribution in [2.75, 3.05) is 5.32 Å². The molecule has 2 N–H and O–H groups in total. The number of carbonyl (C=O) groups excluding carboxylic acids is 1. The van der Waals surface area contributed by atoms with E-state index in [1.54, 1.807) is 30.3 Å². The van der Waals surface area contributed by atoms with Crippen LogP contribution in [0.1, 0.15) is 0 Å². The minimum absolute atomic E-state index is 0.0396. The Labute approximate surface area is 130 Å². The van der Waals surface area contributed by atoms with Gasteiger partial charge in [-0.3, -0.25) is 0 Å². The number of anilines is 1. The molecule has 0 heterocycles. The van der Waals surface area contributed by atoms with Gasteiger partial charge in [-0.05, 0) is 59.0 Å². The molecule has 0 atom stereocenters. The summed E-state index contributed by atoms with van der Waals surface area (Å²) in [6.45, 7) is 0. The minimum Gasteiger partial charge on any atom is -0.307 e. The van der Waals surface area contributed by atoms with Crippen LogP contribution in [0.2, 0.25) is 0 Å². The molecule has 0 unspecified atom stereocenters. The van der Waals surface area contributed by atoms with E-state index in [0.29, 0.717) is 5.69 Å². The van der Waals surface area contributed by atoms with Crippen LogP contribution in [-0.4, -0.2) is 14.4 Å². The van der Waals surface area contributed by atoms with E-state index in [9.17, 15) is 13.2 Å². The number of hydrogen-bond acceptors (Lipinski definition) is 3. The summed E-state index contributed by atoms with van der Waals surface area (Å²) in [5.74, 6) is 0. The Bertz CT molecular complexity index is 700. The van der Waals surface area contributed by atoms with Gasteiger partial charge in [0.05, 0.1) is 4.90 Å². The predicted molar refractivity (Wildman–Crippen MR) is 84.9 cm³/mol. The third kappa shape index (κ3) is 3.94. The summed E-state index contributed by atoms with van der Waals surface area (Å²) in [6.07, 6.45) is 0. The van der Waals surface area contributed by atoms with Crippen LogP contribution in [0.15, 0.2) is 59.5 Å². The summed E-state index contributed by atoms with van der Waals surface area (Å²) in [7, 11) is -3.85. The highest BCUT2D eigenvalue weighted by atomic mass is 127. The Kier molecular flexibility index (Phi) is 4.61. The molecule has 0 radical (unpaired) electrons. The third-order valence-electron chi connectivity index (χ3n) is 2.38. The van der Waals surface area contributed by atoms with Gasteiger partial charge in [0.25, 0.3) is 10.0 Å². The first kappa shape index (κ1) is 14.8. The molecule has 104 valence electrons. The number of nitrogens with one attached hydrogen (secondary N) is 2. The van der Waals surface area contributed by atoms with Crippen molar-refractivity contribution in [2.45, 2.75) is 4.90 Å². The number of amides is 2. The summed E-state index contributed by atoms with van der Waals surface area (Å²) in [4.78, 5) is 11.7. The SMILES string of the molecule is O=C(Nc1ccc(I)cc1)NS(=O)(=O)c1ccccc1. The van der Waals surface area contributed by atoms with E-state index in [2.05, 4.69) is 27.9 Å². The maximum Gasteiger partial charge on any atom is 0.333 e. The van der Waals surface area contributed by atoms with Crippen LogP contribution in [0.4, 0.5) is 10.5 Å². The molecule has 2 aromatic carbocycles. The highest BCUT2D eigenvalue weighted by molar-refractivity contribution is 14.1. The Morgan fingerprint density at radius 3 is 2.15 bits per heavy atom. The molecule has 0 aliphatic carbocycles. The van der Waals surface area contributed by atoms with Crippen molar-refractivity contribution < 1.29 is 13.2 Å². The lowest BCUT2D eigenvalue weighted by atomic mass is 10.3. The highest BCUT2D eigenvalue weighted by Gasteiger charge is 2.16. The van der Waals surface area contributed by atoms with E-state index < -0.39 is 16.1 Å². The summed E-state index contributed by atoms with van der Waals surface area (Å²) in [5, 5.41) is 2.46. The van der Waals surface area contributed by atoms with Crippen molar-refractivity contribution >= 4 is 44.3 Å². The van der Waals surface area contributed by atoms with Crippen LogP contribution in [0.5, 0.6) is 0 Å². The molecular weight excluding hydrogens is 391 g/mol. The molecule has 0 saturated heterocycles. The number of benzene rings is 2. The van der Waals surface area contributed by atoms with E-state index in [1.165, 1.54) is 12.1 Å². The summed E-state index contributed by atoms with van der Waals surface area (Å²) < 4.78 is 26.8.